The summed E-state index contributed by atoms with van der Waals surface area (Å²) in [6, 6.07) is 6.49. The summed E-state index contributed by atoms with van der Waals surface area (Å²) >= 11 is 0. The van der Waals surface area contributed by atoms with Gasteiger partial charge in [-0.25, -0.2) is 0 Å². The van der Waals surface area contributed by atoms with Crippen LogP contribution in [0.2, 0.25) is 0 Å². The number of nitrogens with zero attached hydrogens (tertiary/aromatic N) is 1. The van der Waals surface area contributed by atoms with Crippen molar-refractivity contribution in [3.63, 3.8) is 0 Å². The molecular weight excluding hydrogens is 386 g/mol. The van der Waals surface area contributed by atoms with Crippen LogP contribution in [0.1, 0.15) is 40.6 Å². The van der Waals surface area contributed by atoms with E-state index in [0.29, 0.717) is 11.6 Å². The first kappa shape index (κ1) is 20.0. The normalized spacial score (nSPS) is 19.3. The van der Waals surface area contributed by atoms with Gasteiger partial charge in [-0.2, -0.15) is 0 Å². The Morgan fingerprint density at radius 1 is 1.30 bits per heavy atom. The number of nitrogens with one attached hydrogen (secondary N) is 2. The van der Waals surface area contributed by atoms with Gasteiger partial charge in [0, 0.05) is 14.1 Å². The highest BCUT2D eigenvalue weighted by molar-refractivity contribution is 6.11. The summed E-state index contributed by atoms with van der Waals surface area (Å²) in [7, 11) is 3.18. The van der Waals surface area contributed by atoms with Crippen molar-refractivity contribution in [2.24, 2.45) is 5.92 Å². The number of carbonyl (C=O) groups excluding carboxylic acids is 2. The molecule has 1 saturated carbocycles. The fourth-order valence-corrected chi connectivity index (χ4v) is 3.57. The molecule has 8 heteroatoms. The zero-order chi connectivity index (χ0) is 21.6. The molecule has 1 fully saturated rings. The van der Waals surface area contributed by atoms with Crippen molar-refractivity contribution >= 4 is 17.4 Å². The number of ketones is 1. The molecule has 30 heavy (non-hydrogen) atoms. The Morgan fingerprint density at radius 2 is 2.03 bits per heavy atom. The van der Waals surface area contributed by atoms with E-state index >= 15 is 0 Å². The van der Waals surface area contributed by atoms with Gasteiger partial charge >= 0.3 is 0 Å². The van der Waals surface area contributed by atoms with Crippen LogP contribution in [0.5, 0.6) is 5.75 Å². The predicted octanol–water partition coefficient (Wildman–Crippen LogP) is 2.30. The van der Waals surface area contributed by atoms with Gasteiger partial charge in [0.2, 0.25) is 5.78 Å². The second kappa shape index (κ2) is 7.53. The average molecular weight is 411 g/mol. The quantitative estimate of drug-likeness (QED) is 0.517. The summed E-state index contributed by atoms with van der Waals surface area (Å²) in [5.74, 6) is 0.0333. The number of furan rings is 1. The van der Waals surface area contributed by atoms with Crippen molar-refractivity contribution in [3.05, 3.63) is 58.8 Å². The minimum Gasteiger partial charge on any atom is -0.505 e. The molecule has 2 aliphatic carbocycles. The second-order valence-electron chi connectivity index (χ2n) is 8.07. The molecule has 1 heterocycles. The Morgan fingerprint density at radius 3 is 2.63 bits per heavy atom. The first-order valence-corrected chi connectivity index (χ1v) is 9.86. The molecule has 1 aromatic heterocycles. The number of para-hydroxylation sites is 1. The predicted molar refractivity (Wildman–Crippen MR) is 110 cm³/mol. The highest BCUT2D eigenvalue weighted by Gasteiger charge is 2.43. The molecule has 8 nitrogen and oxygen atoms in total. The Bertz CT molecular complexity index is 1040. The van der Waals surface area contributed by atoms with Gasteiger partial charge in [0.25, 0.3) is 5.91 Å². The molecular formula is C22H25N3O5. The van der Waals surface area contributed by atoms with E-state index < -0.39 is 11.9 Å². The minimum absolute atomic E-state index is 0.120. The number of phenols is 1. The molecule has 0 aliphatic heterocycles. The number of Topliss-reactive ketones (excluding diaryl/α,β-unsaturated/α-hetero) is 1. The first-order chi connectivity index (χ1) is 14.3. The van der Waals surface area contributed by atoms with Crippen LogP contribution >= 0.6 is 0 Å². The highest BCUT2D eigenvalue weighted by atomic mass is 16.3. The summed E-state index contributed by atoms with van der Waals surface area (Å²) in [6.45, 7) is 1.94. The van der Waals surface area contributed by atoms with Gasteiger partial charge in [-0.1, -0.05) is 6.07 Å². The van der Waals surface area contributed by atoms with Crippen molar-refractivity contribution < 1.29 is 24.2 Å². The molecule has 1 amide bonds. The summed E-state index contributed by atoms with van der Waals surface area (Å²) in [4.78, 5) is 25.9. The average Bonchev–Trinajstić information content (AvgIpc) is 3.47. The number of rotatable bonds is 7. The van der Waals surface area contributed by atoms with Crippen LogP contribution in [0.25, 0.3) is 0 Å². The van der Waals surface area contributed by atoms with Gasteiger partial charge in [-0.15, -0.1) is 0 Å². The lowest BCUT2D eigenvalue weighted by molar-refractivity contribution is -0.124. The number of anilines is 1. The third-order valence-electron chi connectivity index (χ3n) is 5.43. The third-order valence-corrected chi connectivity index (χ3v) is 5.43. The van der Waals surface area contributed by atoms with Gasteiger partial charge in [-0.3, -0.25) is 9.59 Å². The Hall–Kier alpha value is -3.26. The van der Waals surface area contributed by atoms with Crippen LogP contribution < -0.4 is 10.6 Å². The van der Waals surface area contributed by atoms with Crippen molar-refractivity contribution in [2.45, 2.75) is 31.9 Å². The highest BCUT2D eigenvalue weighted by Crippen LogP contribution is 2.43. The molecule has 1 aromatic carbocycles. The summed E-state index contributed by atoms with van der Waals surface area (Å²) < 4.78 is 5.64. The molecule has 2 atom stereocenters. The Balaban J connectivity index is 1.62. The number of hydrogen-bond donors (Lipinski definition) is 4. The topological polar surface area (TPSA) is 115 Å². The van der Waals surface area contributed by atoms with E-state index in [1.165, 1.54) is 11.0 Å². The van der Waals surface area contributed by atoms with Gasteiger partial charge in [0.15, 0.2) is 11.9 Å². The van der Waals surface area contributed by atoms with E-state index in [2.05, 4.69) is 10.6 Å². The smallest absolute Gasteiger partial charge is 0.257 e. The minimum atomic E-state index is -1.27. The van der Waals surface area contributed by atoms with Crippen LogP contribution in [0, 0.1) is 12.8 Å². The lowest BCUT2D eigenvalue weighted by Gasteiger charge is -2.32. The molecule has 4 rings (SSSR count). The number of amides is 1. The zero-order valence-corrected chi connectivity index (χ0v) is 17.1. The largest absolute Gasteiger partial charge is 0.505 e. The van der Waals surface area contributed by atoms with Crippen LogP contribution in [0.4, 0.5) is 5.69 Å². The summed E-state index contributed by atoms with van der Waals surface area (Å²) in [6.07, 6.45) is 2.48. The molecule has 0 saturated heterocycles. The molecule has 0 spiro atoms. The van der Waals surface area contributed by atoms with E-state index in [0.717, 1.165) is 24.2 Å². The summed E-state index contributed by atoms with van der Waals surface area (Å²) in [5.41, 5.74) is 1.86. The molecule has 0 bridgehead atoms. The molecule has 2 aliphatic rings. The van der Waals surface area contributed by atoms with Crippen molar-refractivity contribution in [3.8, 4) is 5.75 Å². The van der Waals surface area contributed by atoms with Crippen LogP contribution in [0.15, 0.2) is 46.3 Å². The van der Waals surface area contributed by atoms with E-state index in [1.54, 1.807) is 32.5 Å². The van der Waals surface area contributed by atoms with E-state index in [1.807, 2.05) is 13.0 Å². The Labute approximate surface area is 174 Å². The fraction of sp³-hybridized carbons (Fsp3) is 0.364. The number of aliphatic hydroxyl groups is 1. The lowest BCUT2D eigenvalue weighted by atomic mass is 9.93. The van der Waals surface area contributed by atoms with Crippen molar-refractivity contribution in [2.75, 3.05) is 19.4 Å². The molecule has 158 valence electrons. The maximum absolute atomic E-state index is 12.3. The van der Waals surface area contributed by atoms with Gasteiger partial charge in [0.05, 0.1) is 29.3 Å². The number of benzene rings is 1. The monoisotopic (exact) mass is 411 g/mol. The second-order valence-corrected chi connectivity index (χ2v) is 8.07. The molecule has 0 radical (unpaired) electrons. The maximum Gasteiger partial charge on any atom is 0.257 e. The first-order valence-electron chi connectivity index (χ1n) is 9.86. The SMILES string of the molecule is Cc1coc([C@H](NC2=C(Nc3cccc(C(=O)N(C)C)c3O)C(=O)C2O)C2CC2)c1. The van der Waals surface area contributed by atoms with Crippen LogP contribution in [0.3, 0.4) is 0 Å². The van der Waals surface area contributed by atoms with Gasteiger partial charge in [0.1, 0.15) is 11.5 Å². The molecule has 4 N–H and O–H groups in total. The van der Waals surface area contributed by atoms with Crippen LogP contribution in [-0.2, 0) is 4.79 Å². The number of aryl methyl sites for hydroxylation is 1. The van der Waals surface area contributed by atoms with Gasteiger partial charge < -0.3 is 30.2 Å². The third kappa shape index (κ3) is 3.54. The summed E-state index contributed by atoms with van der Waals surface area (Å²) in [5, 5.41) is 26.9. The standard InChI is InChI=1S/C22H25N3O5/c1-11-9-15(30-10-11)16(12-7-8-12)24-18-17(20(27)21(18)28)23-14-6-4-5-13(19(14)26)22(29)25(2)3/h4-6,9-10,12,16,21,23-24,26,28H,7-8H2,1-3H3/t16-,21?/m1/s1. The number of aromatic hydroxyl groups is 1. The lowest BCUT2D eigenvalue weighted by Crippen LogP contribution is -2.47. The van der Waals surface area contributed by atoms with Crippen LogP contribution in [-0.4, -0.2) is 47.0 Å². The van der Waals surface area contributed by atoms with E-state index in [9.17, 15) is 19.8 Å². The Kier molecular flexibility index (Phi) is 5.03. The fourth-order valence-electron chi connectivity index (χ4n) is 3.57. The van der Waals surface area contributed by atoms with Gasteiger partial charge in [-0.05, 0) is 49.4 Å². The van der Waals surface area contributed by atoms with Crippen molar-refractivity contribution in [1.29, 1.82) is 0 Å². The molecule has 2 aromatic rings. The zero-order valence-electron chi connectivity index (χ0n) is 17.1. The maximum atomic E-state index is 12.3. The number of aliphatic hydroxyl groups excluding tert-OH is 1. The molecule has 1 unspecified atom stereocenters. The number of phenolic OH excluding ortho intramolecular Hbond substituents is 1. The van der Waals surface area contributed by atoms with Crippen molar-refractivity contribution in [1.82, 2.24) is 10.2 Å². The van der Waals surface area contributed by atoms with E-state index in [4.69, 9.17) is 4.42 Å². The number of carbonyl (C=O) groups is 2. The number of hydrogen-bond acceptors (Lipinski definition) is 7. The van der Waals surface area contributed by atoms with E-state index in [-0.39, 0.29) is 34.6 Å².